The lowest BCUT2D eigenvalue weighted by molar-refractivity contribution is -0.386. The molecule has 8 heteroatoms. The van der Waals surface area contributed by atoms with Gasteiger partial charge in [-0.15, -0.1) is 0 Å². The number of amides is 1. The number of carbonyl (C=O) groups is 1. The number of nitro groups is 1. The number of furan rings is 1. The van der Waals surface area contributed by atoms with Gasteiger partial charge in [0.2, 0.25) is 0 Å². The first-order chi connectivity index (χ1) is 12.3. The average molecular weight is 360 g/mol. The van der Waals surface area contributed by atoms with Crippen LogP contribution in [0.1, 0.15) is 60.8 Å². The van der Waals surface area contributed by atoms with Crippen molar-refractivity contribution in [3.8, 4) is 0 Å². The number of aromatic nitrogens is 2. The Kier molecular flexibility index (Phi) is 4.84. The first kappa shape index (κ1) is 18.2. The van der Waals surface area contributed by atoms with Gasteiger partial charge in [0.25, 0.3) is 5.91 Å². The van der Waals surface area contributed by atoms with Crippen molar-refractivity contribution < 1.29 is 14.1 Å². The molecule has 1 saturated heterocycles. The fourth-order valence-electron chi connectivity index (χ4n) is 3.78. The highest BCUT2D eigenvalue weighted by Gasteiger charge is 2.31. The largest absolute Gasteiger partial charge is 0.454 e. The van der Waals surface area contributed by atoms with Crippen LogP contribution in [0.4, 0.5) is 5.69 Å². The van der Waals surface area contributed by atoms with E-state index in [4.69, 9.17) is 4.42 Å². The van der Waals surface area contributed by atoms with Crippen LogP contribution in [0.3, 0.4) is 0 Å². The predicted molar refractivity (Wildman–Crippen MR) is 95.1 cm³/mol. The maximum Gasteiger partial charge on any atom is 0.312 e. The SMILES string of the molecule is Cc1nn(Cc2ccc(C(=O)N3[C@H](C)CCC[C@H]3C)o2)c(C)c1[N+](=O)[O-]. The van der Waals surface area contributed by atoms with Crippen LogP contribution in [-0.4, -0.2) is 37.6 Å². The van der Waals surface area contributed by atoms with E-state index in [1.54, 1.807) is 26.0 Å². The highest BCUT2D eigenvalue weighted by Crippen LogP contribution is 2.26. The summed E-state index contributed by atoms with van der Waals surface area (Å²) in [7, 11) is 0. The summed E-state index contributed by atoms with van der Waals surface area (Å²) >= 11 is 0. The number of hydrogen-bond acceptors (Lipinski definition) is 5. The van der Waals surface area contributed by atoms with Gasteiger partial charge in [-0.05, 0) is 59.1 Å². The Labute approximate surface area is 151 Å². The molecule has 140 valence electrons. The highest BCUT2D eigenvalue weighted by atomic mass is 16.6. The van der Waals surface area contributed by atoms with E-state index in [9.17, 15) is 14.9 Å². The number of hydrogen-bond donors (Lipinski definition) is 0. The summed E-state index contributed by atoms with van der Waals surface area (Å²) in [6, 6.07) is 3.79. The minimum Gasteiger partial charge on any atom is -0.454 e. The molecule has 0 aliphatic carbocycles. The molecule has 3 rings (SSSR count). The summed E-state index contributed by atoms with van der Waals surface area (Å²) in [6.07, 6.45) is 3.13. The Balaban J connectivity index is 1.79. The summed E-state index contributed by atoms with van der Waals surface area (Å²) in [6.45, 7) is 7.64. The zero-order valence-corrected chi connectivity index (χ0v) is 15.6. The minimum absolute atomic E-state index is 0.0174. The fourth-order valence-corrected chi connectivity index (χ4v) is 3.78. The monoisotopic (exact) mass is 360 g/mol. The number of likely N-dealkylation sites (tertiary alicyclic amines) is 1. The molecule has 0 N–H and O–H groups in total. The van der Waals surface area contributed by atoms with E-state index in [2.05, 4.69) is 18.9 Å². The zero-order valence-electron chi connectivity index (χ0n) is 15.6. The van der Waals surface area contributed by atoms with Gasteiger partial charge in [-0.25, -0.2) is 0 Å². The van der Waals surface area contributed by atoms with Gasteiger partial charge >= 0.3 is 5.69 Å². The van der Waals surface area contributed by atoms with Gasteiger partial charge in [-0.1, -0.05) is 0 Å². The lowest BCUT2D eigenvalue weighted by atomic mass is 9.97. The summed E-state index contributed by atoms with van der Waals surface area (Å²) < 4.78 is 7.28. The van der Waals surface area contributed by atoms with E-state index in [0.29, 0.717) is 22.9 Å². The van der Waals surface area contributed by atoms with Crippen LogP contribution < -0.4 is 0 Å². The van der Waals surface area contributed by atoms with E-state index in [-0.39, 0.29) is 30.2 Å². The average Bonchev–Trinajstić information content (AvgIpc) is 3.12. The third kappa shape index (κ3) is 3.23. The van der Waals surface area contributed by atoms with E-state index in [0.717, 1.165) is 19.3 Å². The van der Waals surface area contributed by atoms with Gasteiger partial charge in [0.15, 0.2) is 5.76 Å². The van der Waals surface area contributed by atoms with Crippen molar-refractivity contribution in [3.63, 3.8) is 0 Å². The van der Waals surface area contributed by atoms with Crippen molar-refractivity contribution >= 4 is 11.6 Å². The summed E-state index contributed by atoms with van der Waals surface area (Å²) in [4.78, 5) is 25.4. The third-order valence-corrected chi connectivity index (χ3v) is 5.13. The Hall–Kier alpha value is -2.64. The Morgan fingerprint density at radius 2 is 1.96 bits per heavy atom. The normalized spacial score (nSPS) is 20.4. The molecule has 2 aromatic heterocycles. The molecule has 1 aliphatic rings. The quantitative estimate of drug-likeness (QED) is 0.615. The van der Waals surface area contributed by atoms with Gasteiger partial charge in [0.1, 0.15) is 17.1 Å². The Morgan fingerprint density at radius 1 is 1.31 bits per heavy atom. The first-order valence-electron chi connectivity index (χ1n) is 8.89. The lowest BCUT2D eigenvalue weighted by Crippen LogP contribution is -2.47. The molecule has 1 amide bonds. The van der Waals surface area contributed by atoms with E-state index in [1.165, 1.54) is 4.68 Å². The molecule has 0 bridgehead atoms. The van der Waals surface area contributed by atoms with Crippen LogP contribution >= 0.6 is 0 Å². The number of aryl methyl sites for hydroxylation is 1. The first-order valence-corrected chi connectivity index (χ1v) is 8.89. The van der Waals surface area contributed by atoms with Gasteiger partial charge in [0, 0.05) is 12.1 Å². The zero-order chi connectivity index (χ0) is 19.0. The Bertz CT molecular complexity index is 828. The van der Waals surface area contributed by atoms with Crippen molar-refractivity contribution in [2.45, 2.75) is 65.6 Å². The molecule has 8 nitrogen and oxygen atoms in total. The molecule has 0 spiro atoms. The van der Waals surface area contributed by atoms with Crippen molar-refractivity contribution in [1.29, 1.82) is 0 Å². The summed E-state index contributed by atoms with van der Waals surface area (Å²) in [5.41, 5.74) is 0.852. The topological polar surface area (TPSA) is 94.4 Å². The molecule has 1 fully saturated rings. The molecular weight excluding hydrogens is 336 g/mol. The molecule has 3 heterocycles. The Morgan fingerprint density at radius 3 is 2.54 bits per heavy atom. The van der Waals surface area contributed by atoms with Gasteiger partial charge < -0.3 is 9.32 Å². The van der Waals surface area contributed by atoms with Crippen LogP contribution in [-0.2, 0) is 6.54 Å². The maximum absolute atomic E-state index is 12.8. The van der Waals surface area contributed by atoms with Crippen molar-refractivity contribution in [1.82, 2.24) is 14.7 Å². The van der Waals surface area contributed by atoms with Gasteiger partial charge in [-0.3, -0.25) is 19.6 Å². The van der Waals surface area contributed by atoms with Gasteiger partial charge in [-0.2, -0.15) is 5.10 Å². The third-order valence-electron chi connectivity index (χ3n) is 5.13. The summed E-state index contributed by atoms with van der Waals surface area (Å²) in [5, 5.41) is 15.3. The molecule has 0 radical (unpaired) electrons. The summed E-state index contributed by atoms with van der Waals surface area (Å²) in [5.74, 6) is 0.748. The number of piperidine rings is 1. The maximum atomic E-state index is 12.8. The molecular formula is C18H24N4O4. The predicted octanol–water partition coefficient (Wildman–Crippen LogP) is 3.45. The lowest BCUT2D eigenvalue weighted by Gasteiger charge is -2.38. The number of rotatable bonds is 4. The second kappa shape index (κ2) is 6.93. The molecule has 2 aromatic rings. The van der Waals surface area contributed by atoms with E-state index < -0.39 is 4.92 Å². The van der Waals surface area contributed by atoms with Gasteiger partial charge in [0.05, 0.1) is 11.5 Å². The fraction of sp³-hybridized carbons (Fsp3) is 0.556. The van der Waals surface area contributed by atoms with Crippen molar-refractivity contribution in [3.05, 3.63) is 45.2 Å². The molecule has 0 aromatic carbocycles. The van der Waals surface area contributed by atoms with E-state index in [1.807, 2.05) is 4.90 Å². The smallest absolute Gasteiger partial charge is 0.312 e. The van der Waals surface area contributed by atoms with E-state index >= 15 is 0 Å². The molecule has 0 saturated carbocycles. The minimum atomic E-state index is -0.426. The molecule has 1 aliphatic heterocycles. The number of carbonyl (C=O) groups excluding carboxylic acids is 1. The molecule has 26 heavy (non-hydrogen) atoms. The van der Waals surface area contributed by atoms with Crippen LogP contribution in [0, 0.1) is 24.0 Å². The molecule has 0 unspecified atom stereocenters. The highest BCUT2D eigenvalue weighted by molar-refractivity contribution is 5.92. The number of nitrogens with zero attached hydrogens (tertiary/aromatic N) is 4. The van der Waals surface area contributed by atoms with Crippen LogP contribution in [0.2, 0.25) is 0 Å². The second-order valence-corrected chi connectivity index (χ2v) is 7.04. The molecule has 2 atom stereocenters. The van der Waals surface area contributed by atoms with Crippen molar-refractivity contribution in [2.75, 3.05) is 0 Å². The standard InChI is InChI=1S/C18H24N4O4/c1-11-6-5-7-12(2)21(11)18(23)16-9-8-15(26-16)10-20-14(4)17(22(24)25)13(3)19-20/h8-9,11-12H,5-7,10H2,1-4H3/t11-,12-/m1/s1. The van der Waals surface area contributed by atoms with Crippen LogP contribution in [0.25, 0.3) is 0 Å². The second-order valence-electron chi connectivity index (χ2n) is 7.04. The van der Waals surface area contributed by atoms with Crippen LogP contribution in [0.15, 0.2) is 16.5 Å². The van der Waals surface area contributed by atoms with Crippen molar-refractivity contribution in [2.24, 2.45) is 0 Å². The van der Waals surface area contributed by atoms with Crippen LogP contribution in [0.5, 0.6) is 0 Å².